The highest BCUT2D eigenvalue weighted by molar-refractivity contribution is 5.70. The van der Waals surface area contributed by atoms with Crippen LogP contribution in [0.25, 0.3) is 11.2 Å². The second kappa shape index (κ2) is 3.22. The standard InChI is InChI=1S/C9H8F3N3/c1-5(9(10,11)12)7-14-6-3-2-4-13-8(6)15-7/h2-5H,1H3,(H,13,14,15). The van der Waals surface area contributed by atoms with Gasteiger partial charge in [-0.25, -0.2) is 9.97 Å². The number of pyridine rings is 1. The number of aromatic nitrogens is 3. The lowest BCUT2D eigenvalue weighted by Gasteiger charge is -2.12. The van der Waals surface area contributed by atoms with Crippen LogP contribution in [0.5, 0.6) is 0 Å². The van der Waals surface area contributed by atoms with Crippen molar-refractivity contribution in [2.45, 2.75) is 19.0 Å². The minimum absolute atomic E-state index is 0.101. The number of hydrogen-bond acceptors (Lipinski definition) is 2. The molecule has 0 amide bonds. The number of nitrogens with zero attached hydrogens (tertiary/aromatic N) is 2. The average Bonchev–Trinajstić information content (AvgIpc) is 2.58. The maximum Gasteiger partial charge on any atom is 0.398 e. The Balaban J connectivity index is 2.45. The fourth-order valence-electron chi connectivity index (χ4n) is 1.22. The van der Waals surface area contributed by atoms with Crippen molar-refractivity contribution in [1.82, 2.24) is 15.0 Å². The lowest BCUT2D eigenvalue weighted by Crippen LogP contribution is -2.18. The molecule has 15 heavy (non-hydrogen) atoms. The Bertz CT molecular complexity index is 442. The Morgan fingerprint density at radius 2 is 2.13 bits per heavy atom. The van der Waals surface area contributed by atoms with Gasteiger partial charge in [-0.1, -0.05) is 0 Å². The summed E-state index contributed by atoms with van der Waals surface area (Å²) < 4.78 is 37.1. The highest BCUT2D eigenvalue weighted by Crippen LogP contribution is 2.33. The van der Waals surface area contributed by atoms with E-state index in [1.807, 2.05) is 0 Å². The summed E-state index contributed by atoms with van der Waals surface area (Å²) in [5.74, 6) is -1.71. The Morgan fingerprint density at radius 1 is 1.40 bits per heavy atom. The van der Waals surface area contributed by atoms with Gasteiger partial charge in [0.2, 0.25) is 0 Å². The van der Waals surface area contributed by atoms with Gasteiger partial charge in [0, 0.05) is 6.20 Å². The van der Waals surface area contributed by atoms with Gasteiger partial charge in [0.1, 0.15) is 11.7 Å². The van der Waals surface area contributed by atoms with Crippen LogP contribution in [0.3, 0.4) is 0 Å². The minimum atomic E-state index is -4.28. The summed E-state index contributed by atoms with van der Waals surface area (Å²) in [6.07, 6.45) is -2.79. The number of alkyl halides is 3. The van der Waals surface area contributed by atoms with E-state index in [2.05, 4.69) is 15.0 Å². The first-order valence-electron chi connectivity index (χ1n) is 4.36. The Labute approximate surface area is 83.4 Å². The fraction of sp³-hybridized carbons (Fsp3) is 0.333. The molecule has 0 saturated heterocycles. The van der Waals surface area contributed by atoms with Gasteiger partial charge in [-0.3, -0.25) is 0 Å². The van der Waals surface area contributed by atoms with Gasteiger partial charge in [0.15, 0.2) is 5.65 Å². The number of rotatable bonds is 1. The second-order valence-electron chi connectivity index (χ2n) is 3.26. The van der Waals surface area contributed by atoms with E-state index in [9.17, 15) is 13.2 Å². The van der Waals surface area contributed by atoms with E-state index in [1.54, 1.807) is 12.1 Å². The van der Waals surface area contributed by atoms with E-state index in [-0.39, 0.29) is 5.82 Å². The summed E-state index contributed by atoms with van der Waals surface area (Å²) in [4.78, 5) is 10.3. The molecule has 0 aromatic carbocycles. The molecular formula is C9H8F3N3. The molecule has 80 valence electrons. The molecule has 1 N–H and O–H groups in total. The maximum absolute atomic E-state index is 12.4. The predicted octanol–water partition coefficient (Wildman–Crippen LogP) is 2.62. The smallest absolute Gasteiger partial charge is 0.340 e. The Hall–Kier alpha value is -1.59. The molecule has 0 aliphatic heterocycles. The van der Waals surface area contributed by atoms with E-state index in [4.69, 9.17) is 0 Å². The first-order chi connectivity index (χ1) is 6.98. The largest absolute Gasteiger partial charge is 0.398 e. The van der Waals surface area contributed by atoms with Gasteiger partial charge in [-0.05, 0) is 19.1 Å². The van der Waals surface area contributed by atoms with E-state index < -0.39 is 12.1 Å². The molecule has 1 unspecified atom stereocenters. The Kier molecular flexibility index (Phi) is 2.13. The van der Waals surface area contributed by atoms with Crippen molar-refractivity contribution in [1.29, 1.82) is 0 Å². The van der Waals surface area contributed by atoms with E-state index >= 15 is 0 Å². The third kappa shape index (κ3) is 1.79. The molecule has 0 aliphatic rings. The number of imidazole rings is 1. The first kappa shape index (κ1) is 9.95. The number of fused-ring (bicyclic) bond motifs is 1. The average molecular weight is 215 g/mol. The van der Waals surface area contributed by atoms with Gasteiger partial charge in [-0.2, -0.15) is 13.2 Å². The van der Waals surface area contributed by atoms with Crippen LogP contribution >= 0.6 is 0 Å². The third-order valence-corrected chi connectivity index (χ3v) is 2.18. The SMILES string of the molecule is CC(c1nc2ncccc2[nH]1)C(F)(F)F. The maximum atomic E-state index is 12.4. The van der Waals surface area contributed by atoms with Crippen LogP contribution in [-0.4, -0.2) is 21.1 Å². The molecule has 0 radical (unpaired) electrons. The minimum Gasteiger partial charge on any atom is -0.340 e. The second-order valence-corrected chi connectivity index (χ2v) is 3.26. The molecule has 0 fully saturated rings. The summed E-state index contributed by atoms with van der Waals surface area (Å²) in [5.41, 5.74) is 0.826. The topological polar surface area (TPSA) is 41.6 Å². The number of H-pyrrole nitrogens is 1. The van der Waals surface area contributed by atoms with Crippen LogP contribution in [0.1, 0.15) is 18.7 Å². The number of aromatic amines is 1. The van der Waals surface area contributed by atoms with Gasteiger partial charge < -0.3 is 4.98 Å². The normalized spacial score (nSPS) is 14.4. The van der Waals surface area contributed by atoms with Gasteiger partial charge in [-0.15, -0.1) is 0 Å². The van der Waals surface area contributed by atoms with Crippen molar-refractivity contribution in [3.8, 4) is 0 Å². The highest BCUT2D eigenvalue weighted by Gasteiger charge is 2.39. The molecule has 0 spiro atoms. The van der Waals surface area contributed by atoms with Crippen molar-refractivity contribution in [3.63, 3.8) is 0 Å². The number of halogens is 3. The van der Waals surface area contributed by atoms with Crippen molar-refractivity contribution >= 4 is 11.2 Å². The third-order valence-electron chi connectivity index (χ3n) is 2.18. The molecular weight excluding hydrogens is 207 g/mol. The summed E-state index contributed by atoms with van der Waals surface area (Å²) in [6, 6.07) is 3.28. The van der Waals surface area contributed by atoms with Crippen LogP contribution in [-0.2, 0) is 0 Å². The first-order valence-corrected chi connectivity index (χ1v) is 4.36. The molecule has 0 aliphatic carbocycles. The molecule has 0 saturated carbocycles. The van der Waals surface area contributed by atoms with Crippen molar-refractivity contribution in [2.75, 3.05) is 0 Å². The quantitative estimate of drug-likeness (QED) is 0.794. The van der Waals surface area contributed by atoms with Crippen LogP contribution in [0.2, 0.25) is 0 Å². The molecule has 6 heteroatoms. The van der Waals surface area contributed by atoms with Crippen molar-refractivity contribution in [3.05, 3.63) is 24.2 Å². The molecule has 3 nitrogen and oxygen atoms in total. The van der Waals surface area contributed by atoms with Crippen LogP contribution in [0, 0.1) is 0 Å². The van der Waals surface area contributed by atoms with Gasteiger partial charge in [0.05, 0.1) is 5.52 Å². The number of nitrogens with one attached hydrogen (secondary N) is 1. The molecule has 0 bridgehead atoms. The van der Waals surface area contributed by atoms with E-state index in [0.717, 1.165) is 6.92 Å². The molecule has 1 atom stereocenters. The zero-order chi connectivity index (χ0) is 11.1. The lowest BCUT2D eigenvalue weighted by molar-refractivity contribution is -0.147. The van der Waals surface area contributed by atoms with Crippen LogP contribution < -0.4 is 0 Å². The van der Waals surface area contributed by atoms with Crippen LogP contribution in [0.15, 0.2) is 18.3 Å². The Morgan fingerprint density at radius 3 is 2.73 bits per heavy atom. The molecule has 2 heterocycles. The van der Waals surface area contributed by atoms with Crippen molar-refractivity contribution < 1.29 is 13.2 Å². The molecule has 2 rings (SSSR count). The monoisotopic (exact) mass is 215 g/mol. The summed E-state index contributed by atoms with van der Waals surface area (Å²) >= 11 is 0. The summed E-state index contributed by atoms with van der Waals surface area (Å²) in [6.45, 7) is 1.07. The summed E-state index contributed by atoms with van der Waals surface area (Å²) in [5, 5.41) is 0. The zero-order valence-electron chi connectivity index (χ0n) is 7.84. The zero-order valence-corrected chi connectivity index (χ0v) is 7.84. The van der Waals surface area contributed by atoms with E-state index in [0.29, 0.717) is 11.2 Å². The predicted molar refractivity (Wildman–Crippen MR) is 48.4 cm³/mol. The fourth-order valence-corrected chi connectivity index (χ4v) is 1.22. The van der Waals surface area contributed by atoms with E-state index in [1.165, 1.54) is 6.20 Å². The van der Waals surface area contributed by atoms with Crippen LogP contribution in [0.4, 0.5) is 13.2 Å². The molecule has 2 aromatic heterocycles. The number of hydrogen-bond donors (Lipinski definition) is 1. The van der Waals surface area contributed by atoms with Gasteiger partial charge >= 0.3 is 6.18 Å². The summed E-state index contributed by atoms with van der Waals surface area (Å²) in [7, 11) is 0. The molecule has 2 aromatic rings. The van der Waals surface area contributed by atoms with Crippen molar-refractivity contribution in [2.24, 2.45) is 0 Å². The van der Waals surface area contributed by atoms with Gasteiger partial charge in [0.25, 0.3) is 0 Å². The highest BCUT2D eigenvalue weighted by atomic mass is 19.4. The lowest BCUT2D eigenvalue weighted by atomic mass is 10.1.